The first-order valence-corrected chi connectivity index (χ1v) is 8.35. The van der Waals surface area contributed by atoms with E-state index in [0.717, 1.165) is 41.8 Å². The van der Waals surface area contributed by atoms with Crippen molar-refractivity contribution in [2.75, 3.05) is 19.6 Å². The summed E-state index contributed by atoms with van der Waals surface area (Å²) in [6.45, 7) is 6.36. The highest BCUT2D eigenvalue weighted by Gasteiger charge is 2.23. The Labute approximate surface area is 132 Å². The Morgan fingerprint density at radius 2 is 2.00 bits per heavy atom. The van der Waals surface area contributed by atoms with Crippen LogP contribution < -0.4 is 5.32 Å². The van der Waals surface area contributed by atoms with Crippen LogP contribution in [-0.4, -0.2) is 30.6 Å². The van der Waals surface area contributed by atoms with Crippen molar-refractivity contribution in [1.29, 1.82) is 0 Å². The van der Waals surface area contributed by atoms with Gasteiger partial charge in [0.2, 0.25) is 0 Å². The van der Waals surface area contributed by atoms with E-state index in [9.17, 15) is 0 Å². The van der Waals surface area contributed by atoms with Crippen molar-refractivity contribution in [2.24, 2.45) is 0 Å². The molecule has 1 fully saturated rings. The minimum absolute atomic E-state index is 0.600. The first-order valence-electron chi connectivity index (χ1n) is 7.60. The van der Waals surface area contributed by atoms with Gasteiger partial charge in [-0.05, 0) is 44.5 Å². The van der Waals surface area contributed by atoms with Crippen LogP contribution in [0.3, 0.4) is 0 Å². The predicted octanol–water partition coefficient (Wildman–Crippen LogP) is 4.35. The molecule has 1 N–H and O–H groups in total. The van der Waals surface area contributed by atoms with Crippen LogP contribution in [0.15, 0.2) is 18.2 Å². The molecule has 0 amide bonds. The summed E-state index contributed by atoms with van der Waals surface area (Å²) in [6, 6.07) is 6.36. The van der Waals surface area contributed by atoms with Crippen molar-refractivity contribution in [3.63, 3.8) is 0 Å². The lowest BCUT2D eigenvalue weighted by Crippen LogP contribution is -2.45. The lowest BCUT2D eigenvalue weighted by atomic mass is 10.0. The molecule has 2 rings (SSSR count). The number of benzene rings is 1. The van der Waals surface area contributed by atoms with E-state index in [1.165, 1.54) is 25.7 Å². The molecule has 1 aliphatic heterocycles. The predicted molar refractivity (Wildman–Crippen MR) is 87.7 cm³/mol. The Morgan fingerprint density at radius 3 is 2.70 bits per heavy atom. The minimum Gasteiger partial charge on any atom is -0.315 e. The van der Waals surface area contributed by atoms with Crippen molar-refractivity contribution < 1.29 is 0 Å². The summed E-state index contributed by atoms with van der Waals surface area (Å²) in [7, 11) is 0. The zero-order chi connectivity index (χ0) is 14.4. The molecule has 0 radical (unpaired) electrons. The van der Waals surface area contributed by atoms with Crippen LogP contribution >= 0.6 is 23.2 Å². The maximum absolute atomic E-state index is 6.30. The molecule has 2 nitrogen and oxygen atoms in total. The van der Waals surface area contributed by atoms with E-state index in [2.05, 4.69) is 17.1 Å². The van der Waals surface area contributed by atoms with Gasteiger partial charge in [-0.1, -0.05) is 42.6 Å². The first kappa shape index (κ1) is 16.1. The summed E-state index contributed by atoms with van der Waals surface area (Å²) in [5, 5.41) is 5.10. The Bertz CT molecular complexity index is 403. The maximum Gasteiger partial charge on any atom is 0.0465 e. The van der Waals surface area contributed by atoms with Crippen LogP contribution in [0.1, 0.15) is 38.2 Å². The molecule has 1 aromatic carbocycles. The van der Waals surface area contributed by atoms with Gasteiger partial charge < -0.3 is 5.32 Å². The lowest BCUT2D eigenvalue weighted by molar-refractivity contribution is 0.138. The van der Waals surface area contributed by atoms with Crippen molar-refractivity contribution >= 4 is 23.2 Å². The number of halogens is 2. The first-order chi connectivity index (χ1) is 9.72. The Balaban J connectivity index is 2.01. The Kier molecular flexibility index (Phi) is 6.63. The third kappa shape index (κ3) is 4.36. The second-order valence-electron chi connectivity index (χ2n) is 5.52. The lowest BCUT2D eigenvalue weighted by Gasteiger charge is -2.36. The van der Waals surface area contributed by atoms with E-state index in [1.807, 2.05) is 18.2 Å². The minimum atomic E-state index is 0.600. The van der Waals surface area contributed by atoms with Gasteiger partial charge in [-0.15, -0.1) is 0 Å². The largest absolute Gasteiger partial charge is 0.315 e. The molecule has 0 bridgehead atoms. The second kappa shape index (κ2) is 8.23. The molecule has 0 saturated carbocycles. The molecule has 0 aliphatic carbocycles. The number of likely N-dealkylation sites (tertiary alicyclic amines) is 1. The maximum atomic E-state index is 6.30. The van der Waals surface area contributed by atoms with Gasteiger partial charge in [0, 0.05) is 34.7 Å². The highest BCUT2D eigenvalue weighted by Crippen LogP contribution is 2.28. The number of nitrogens with one attached hydrogen (secondary N) is 1. The quantitative estimate of drug-likeness (QED) is 0.785. The van der Waals surface area contributed by atoms with Crippen LogP contribution in [0.4, 0.5) is 0 Å². The average molecular weight is 315 g/mol. The van der Waals surface area contributed by atoms with Gasteiger partial charge in [-0.2, -0.15) is 0 Å². The third-order valence-electron chi connectivity index (χ3n) is 3.98. The number of hydrogen-bond donors (Lipinski definition) is 1. The van der Waals surface area contributed by atoms with Crippen molar-refractivity contribution in [1.82, 2.24) is 10.2 Å². The summed E-state index contributed by atoms with van der Waals surface area (Å²) in [5.41, 5.74) is 1.07. The van der Waals surface area contributed by atoms with Gasteiger partial charge >= 0.3 is 0 Å². The fourth-order valence-corrected chi connectivity index (χ4v) is 3.35. The highest BCUT2D eigenvalue weighted by atomic mass is 35.5. The molecule has 1 atom stereocenters. The van der Waals surface area contributed by atoms with Gasteiger partial charge in [0.05, 0.1) is 0 Å². The molecule has 0 spiro atoms. The van der Waals surface area contributed by atoms with Crippen LogP contribution in [-0.2, 0) is 6.54 Å². The Hall–Kier alpha value is -0.280. The molecule has 1 heterocycles. The summed E-state index contributed by atoms with van der Waals surface area (Å²) < 4.78 is 0. The summed E-state index contributed by atoms with van der Waals surface area (Å²) in [5.74, 6) is 0. The van der Waals surface area contributed by atoms with Crippen molar-refractivity contribution in [2.45, 2.75) is 45.2 Å². The molecule has 0 aromatic heterocycles. The molecule has 1 aliphatic rings. The van der Waals surface area contributed by atoms with E-state index in [-0.39, 0.29) is 0 Å². The smallest absolute Gasteiger partial charge is 0.0465 e. The SMILES string of the molecule is CCCNCC1CCCCN1Cc1c(Cl)cccc1Cl. The summed E-state index contributed by atoms with van der Waals surface area (Å²) in [4.78, 5) is 2.53. The standard InChI is InChI=1S/C16H24Cl2N2/c1-2-9-19-11-13-6-3-4-10-20(13)12-14-15(17)7-5-8-16(14)18/h5,7-8,13,19H,2-4,6,9-12H2,1H3. The second-order valence-corrected chi connectivity index (χ2v) is 6.34. The van der Waals surface area contributed by atoms with E-state index < -0.39 is 0 Å². The van der Waals surface area contributed by atoms with E-state index in [1.54, 1.807) is 0 Å². The fourth-order valence-electron chi connectivity index (χ4n) is 2.83. The summed E-state index contributed by atoms with van der Waals surface area (Å²) in [6.07, 6.45) is 5.04. The van der Waals surface area contributed by atoms with Crippen LogP contribution in [0.5, 0.6) is 0 Å². The van der Waals surface area contributed by atoms with Gasteiger partial charge in [-0.3, -0.25) is 4.90 Å². The molecular formula is C16H24Cl2N2. The average Bonchev–Trinajstić information content (AvgIpc) is 2.45. The van der Waals surface area contributed by atoms with E-state index >= 15 is 0 Å². The normalized spacial score (nSPS) is 20.2. The molecule has 112 valence electrons. The third-order valence-corrected chi connectivity index (χ3v) is 4.69. The highest BCUT2D eigenvalue weighted by molar-refractivity contribution is 6.35. The molecule has 4 heteroatoms. The molecule has 1 saturated heterocycles. The zero-order valence-electron chi connectivity index (χ0n) is 12.2. The molecular weight excluding hydrogens is 291 g/mol. The molecule has 1 aromatic rings. The number of hydrogen-bond acceptors (Lipinski definition) is 2. The van der Waals surface area contributed by atoms with Gasteiger partial charge in [0.1, 0.15) is 0 Å². The van der Waals surface area contributed by atoms with Crippen LogP contribution in [0.2, 0.25) is 10.0 Å². The molecule has 1 unspecified atom stereocenters. The zero-order valence-corrected chi connectivity index (χ0v) is 13.7. The number of rotatable bonds is 6. The van der Waals surface area contributed by atoms with Crippen molar-refractivity contribution in [3.05, 3.63) is 33.8 Å². The molecule has 20 heavy (non-hydrogen) atoms. The number of piperidine rings is 1. The van der Waals surface area contributed by atoms with E-state index in [4.69, 9.17) is 23.2 Å². The number of nitrogens with zero attached hydrogens (tertiary/aromatic N) is 1. The fraction of sp³-hybridized carbons (Fsp3) is 0.625. The van der Waals surface area contributed by atoms with Crippen molar-refractivity contribution in [3.8, 4) is 0 Å². The van der Waals surface area contributed by atoms with Crippen LogP contribution in [0, 0.1) is 0 Å². The van der Waals surface area contributed by atoms with Gasteiger partial charge in [0.25, 0.3) is 0 Å². The topological polar surface area (TPSA) is 15.3 Å². The van der Waals surface area contributed by atoms with Gasteiger partial charge in [-0.25, -0.2) is 0 Å². The van der Waals surface area contributed by atoms with E-state index in [0.29, 0.717) is 6.04 Å². The van der Waals surface area contributed by atoms with Gasteiger partial charge in [0.15, 0.2) is 0 Å². The Morgan fingerprint density at radius 1 is 1.25 bits per heavy atom. The van der Waals surface area contributed by atoms with Crippen LogP contribution in [0.25, 0.3) is 0 Å². The monoisotopic (exact) mass is 314 g/mol. The summed E-state index contributed by atoms with van der Waals surface area (Å²) >= 11 is 12.6.